The highest BCUT2D eigenvalue weighted by Gasteiger charge is 2.05. The van der Waals surface area contributed by atoms with E-state index in [9.17, 15) is 13.6 Å². The molecule has 2 rings (SSSR count). The van der Waals surface area contributed by atoms with Crippen molar-refractivity contribution >= 4 is 23.3 Å². The molecule has 2 N–H and O–H groups in total. The molecule has 0 aliphatic rings. The van der Waals surface area contributed by atoms with Crippen LogP contribution in [0.25, 0.3) is 0 Å². The fraction of sp³-hybridized carbons (Fsp3) is 0.133. The van der Waals surface area contributed by atoms with Crippen LogP contribution in [0.5, 0.6) is 0 Å². The molecule has 2 aromatic carbocycles. The van der Waals surface area contributed by atoms with Crippen LogP contribution in [0.15, 0.2) is 42.5 Å². The zero-order valence-electron chi connectivity index (χ0n) is 11.0. The maximum atomic E-state index is 13.0. The molecular weight excluding hydrogens is 298 g/mol. The monoisotopic (exact) mass is 310 g/mol. The van der Waals surface area contributed by atoms with Crippen molar-refractivity contribution in [1.29, 1.82) is 0 Å². The first-order valence-electron chi connectivity index (χ1n) is 6.29. The van der Waals surface area contributed by atoms with Crippen LogP contribution < -0.4 is 10.6 Å². The molecule has 0 saturated heterocycles. The largest absolute Gasteiger partial charge is 0.338 e. The Labute approximate surface area is 125 Å². The summed E-state index contributed by atoms with van der Waals surface area (Å²) in [5.41, 5.74) is 1.18. The number of hydrogen-bond donors (Lipinski definition) is 2. The second-order valence-corrected chi connectivity index (χ2v) is 4.83. The van der Waals surface area contributed by atoms with Crippen LogP contribution in [0, 0.1) is 11.6 Å². The standard InChI is InChI=1S/C15H13ClF2N2O/c16-11-3-1-2-10(8-11)6-7-19-15(21)20-12-4-5-13(17)14(18)9-12/h1-5,8-9H,6-7H2,(H2,19,20,21). The predicted octanol–water partition coefficient (Wildman–Crippen LogP) is 3.98. The minimum absolute atomic E-state index is 0.189. The lowest BCUT2D eigenvalue weighted by Crippen LogP contribution is -2.30. The summed E-state index contributed by atoms with van der Waals surface area (Å²) in [6.45, 7) is 0.399. The molecule has 0 fully saturated rings. The number of rotatable bonds is 4. The Morgan fingerprint density at radius 1 is 1.10 bits per heavy atom. The van der Waals surface area contributed by atoms with Crippen LogP contribution in [0.1, 0.15) is 5.56 Å². The average Bonchev–Trinajstić information content (AvgIpc) is 2.43. The number of nitrogens with one attached hydrogen (secondary N) is 2. The number of benzene rings is 2. The van der Waals surface area contributed by atoms with Crippen molar-refractivity contribution in [3.8, 4) is 0 Å². The van der Waals surface area contributed by atoms with E-state index < -0.39 is 17.7 Å². The van der Waals surface area contributed by atoms with Gasteiger partial charge in [-0.25, -0.2) is 13.6 Å². The summed E-state index contributed by atoms with van der Waals surface area (Å²) in [5, 5.41) is 5.69. The van der Waals surface area contributed by atoms with Gasteiger partial charge in [0.15, 0.2) is 11.6 Å². The van der Waals surface area contributed by atoms with E-state index in [0.29, 0.717) is 18.0 Å². The summed E-state index contributed by atoms with van der Waals surface area (Å²) < 4.78 is 25.7. The Bertz CT molecular complexity index is 649. The van der Waals surface area contributed by atoms with Crippen molar-refractivity contribution in [1.82, 2.24) is 5.32 Å². The third-order valence-electron chi connectivity index (χ3n) is 2.77. The normalized spacial score (nSPS) is 10.2. The quantitative estimate of drug-likeness (QED) is 0.881. The highest BCUT2D eigenvalue weighted by molar-refractivity contribution is 6.30. The van der Waals surface area contributed by atoms with E-state index in [-0.39, 0.29) is 5.69 Å². The van der Waals surface area contributed by atoms with E-state index in [2.05, 4.69) is 10.6 Å². The summed E-state index contributed by atoms with van der Waals surface area (Å²) in [6, 6.07) is 10.0. The summed E-state index contributed by atoms with van der Waals surface area (Å²) in [5.74, 6) is -1.96. The van der Waals surface area contributed by atoms with Crippen LogP contribution in [0.4, 0.5) is 19.3 Å². The van der Waals surface area contributed by atoms with Gasteiger partial charge in [-0.2, -0.15) is 0 Å². The van der Waals surface area contributed by atoms with E-state index in [0.717, 1.165) is 17.7 Å². The molecule has 0 aromatic heterocycles. The molecule has 0 unspecified atom stereocenters. The molecule has 2 aromatic rings. The fourth-order valence-electron chi connectivity index (χ4n) is 1.76. The molecular formula is C15H13ClF2N2O. The van der Waals surface area contributed by atoms with Gasteiger partial charge in [-0.1, -0.05) is 23.7 Å². The molecule has 110 valence electrons. The number of anilines is 1. The van der Waals surface area contributed by atoms with E-state index in [1.807, 2.05) is 18.2 Å². The maximum absolute atomic E-state index is 13.0. The molecule has 0 radical (unpaired) electrons. The van der Waals surface area contributed by atoms with Gasteiger partial charge in [0.05, 0.1) is 0 Å². The molecule has 21 heavy (non-hydrogen) atoms. The van der Waals surface area contributed by atoms with Crippen molar-refractivity contribution in [2.45, 2.75) is 6.42 Å². The van der Waals surface area contributed by atoms with Gasteiger partial charge < -0.3 is 10.6 Å². The minimum atomic E-state index is -1.01. The molecule has 0 atom stereocenters. The summed E-state index contributed by atoms with van der Waals surface area (Å²) in [4.78, 5) is 11.6. The van der Waals surface area contributed by atoms with Crippen molar-refractivity contribution in [2.24, 2.45) is 0 Å². The third kappa shape index (κ3) is 4.72. The topological polar surface area (TPSA) is 41.1 Å². The number of carbonyl (C=O) groups is 1. The number of halogens is 3. The molecule has 0 aliphatic carbocycles. The lowest BCUT2D eigenvalue weighted by molar-refractivity contribution is 0.252. The van der Waals surface area contributed by atoms with E-state index >= 15 is 0 Å². The Hall–Kier alpha value is -2.14. The first-order chi connectivity index (χ1) is 10.0. The highest BCUT2D eigenvalue weighted by Crippen LogP contribution is 2.13. The molecule has 0 bridgehead atoms. The second-order valence-electron chi connectivity index (χ2n) is 4.39. The van der Waals surface area contributed by atoms with Gasteiger partial charge in [0.25, 0.3) is 0 Å². The number of amides is 2. The molecule has 0 heterocycles. The Kier molecular flexibility index (Phi) is 5.11. The van der Waals surface area contributed by atoms with Gasteiger partial charge in [0, 0.05) is 23.3 Å². The van der Waals surface area contributed by atoms with Crippen molar-refractivity contribution in [3.05, 3.63) is 64.7 Å². The van der Waals surface area contributed by atoms with Crippen LogP contribution in [0.3, 0.4) is 0 Å². The molecule has 0 saturated carbocycles. The lowest BCUT2D eigenvalue weighted by atomic mass is 10.1. The second kappa shape index (κ2) is 7.04. The zero-order valence-corrected chi connectivity index (χ0v) is 11.8. The average molecular weight is 311 g/mol. The van der Waals surface area contributed by atoms with E-state index in [1.54, 1.807) is 6.07 Å². The first-order valence-corrected chi connectivity index (χ1v) is 6.67. The van der Waals surface area contributed by atoms with Crippen LogP contribution >= 0.6 is 11.6 Å². The SMILES string of the molecule is O=C(NCCc1cccc(Cl)c1)Nc1ccc(F)c(F)c1. The van der Waals surface area contributed by atoms with Gasteiger partial charge in [-0.15, -0.1) is 0 Å². The number of hydrogen-bond acceptors (Lipinski definition) is 1. The Morgan fingerprint density at radius 3 is 2.62 bits per heavy atom. The Balaban J connectivity index is 1.81. The predicted molar refractivity (Wildman–Crippen MR) is 78.5 cm³/mol. The van der Waals surface area contributed by atoms with Crippen LogP contribution in [-0.2, 0) is 6.42 Å². The van der Waals surface area contributed by atoms with Gasteiger partial charge >= 0.3 is 6.03 Å². The molecule has 6 heteroatoms. The smallest absolute Gasteiger partial charge is 0.319 e. The van der Waals surface area contributed by atoms with Crippen molar-refractivity contribution < 1.29 is 13.6 Å². The summed E-state index contributed by atoms with van der Waals surface area (Å²) in [6.07, 6.45) is 0.617. The van der Waals surface area contributed by atoms with Gasteiger partial charge in [0.2, 0.25) is 0 Å². The zero-order chi connectivity index (χ0) is 15.2. The van der Waals surface area contributed by atoms with Crippen LogP contribution in [0.2, 0.25) is 5.02 Å². The van der Waals surface area contributed by atoms with Crippen LogP contribution in [-0.4, -0.2) is 12.6 Å². The van der Waals surface area contributed by atoms with E-state index in [4.69, 9.17) is 11.6 Å². The van der Waals surface area contributed by atoms with Crippen molar-refractivity contribution in [3.63, 3.8) is 0 Å². The third-order valence-corrected chi connectivity index (χ3v) is 3.00. The van der Waals surface area contributed by atoms with Gasteiger partial charge in [-0.3, -0.25) is 0 Å². The molecule has 0 aliphatic heterocycles. The highest BCUT2D eigenvalue weighted by atomic mass is 35.5. The first kappa shape index (κ1) is 15.3. The maximum Gasteiger partial charge on any atom is 0.319 e. The fourth-order valence-corrected chi connectivity index (χ4v) is 1.97. The lowest BCUT2D eigenvalue weighted by Gasteiger charge is -2.08. The molecule has 3 nitrogen and oxygen atoms in total. The minimum Gasteiger partial charge on any atom is -0.338 e. The van der Waals surface area contributed by atoms with Crippen molar-refractivity contribution in [2.75, 3.05) is 11.9 Å². The Morgan fingerprint density at radius 2 is 1.90 bits per heavy atom. The van der Waals surface area contributed by atoms with Gasteiger partial charge in [0.1, 0.15) is 0 Å². The molecule has 2 amide bonds. The molecule has 0 spiro atoms. The summed E-state index contributed by atoms with van der Waals surface area (Å²) in [7, 11) is 0. The van der Waals surface area contributed by atoms with Gasteiger partial charge in [-0.05, 0) is 36.2 Å². The van der Waals surface area contributed by atoms with E-state index in [1.165, 1.54) is 6.07 Å². The number of carbonyl (C=O) groups excluding carboxylic acids is 1. The number of urea groups is 1. The summed E-state index contributed by atoms with van der Waals surface area (Å²) >= 11 is 5.86.